The largest absolute Gasteiger partial charge is 0.361 e. The molecule has 1 amide bonds. The lowest BCUT2D eigenvalue weighted by molar-refractivity contribution is -0.122. The molecule has 5 rings (SSSR count). The van der Waals surface area contributed by atoms with Gasteiger partial charge in [0, 0.05) is 70.0 Å². The summed E-state index contributed by atoms with van der Waals surface area (Å²) in [5, 5.41) is 6.93. The van der Waals surface area contributed by atoms with Crippen molar-refractivity contribution in [2.24, 2.45) is 0 Å². The summed E-state index contributed by atoms with van der Waals surface area (Å²) < 4.78 is 47.6. The molecule has 0 spiro atoms. The molecule has 2 aromatic carbocycles. The number of ether oxygens (including phenoxy) is 1. The van der Waals surface area contributed by atoms with Gasteiger partial charge in [-0.15, -0.1) is 0 Å². The topological polar surface area (TPSA) is 122 Å². The number of aryl methyl sites for hydroxylation is 1. The van der Waals surface area contributed by atoms with E-state index >= 15 is 4.39 Å². The van der Waals surface area contributed by atoms with E-state index < -0.39 is 28.6 Å². The molecular formula is C35H48FN7O4SSi. The molecule has 1 aliphatic rings. The van der Waals surface area contributed by atoms with Gasteiger partial charge in [-0.05, 0) is 57.6 Å². The van der Waals surface area contributed by atoms with Crippen LogP contribution in [0.15, 0.2) is 53.7 Å². The predicted molar refractivity (Wildman–Crippen MR) is 196 cm³/mol. The van der Waals surface area contributed by atoms with Gasteiger partial charge in [-0.1, -0.05) is 37.8 Å². The third kappa shape index (κ3) is 8.55. The Morgan fingerprint density at radius 2 is 1.86 bits per heavy atom. The van der Waals surface area contributed by atoms with Crippen molar-refractivity contribution >= 4 is 52.0 Å². The van der Waals surface area contributed by atoms with Crippen LogP contribution in [0.5, 0.6) is 0 Å². The van der Waals surface area contributed by atoms with E-state index in [4.69, 9.17) is 9.72 Å². The summed E-state index contributed by atoms with van der Waals surface area (Å²) >= 11 is 0. The van der Waals surface area contributed by atoms with Crippen LogP contribution in [0.3, 0.4) is 0 Å². The second-order valence-electron chi connectivity index (χ2n) is 14.3. The first-order valence-electron chi connectivity index (χ1n) is 16.6. The molecule has 3 heterocycles. The van der Waals surface area contributed by atoms with Gasteiger partial charge in [0.15, 0.2) is 15.7 Å². The van der Waals surface area contributed by atoms with Gasteiger partial charge in [-0.2, -0.15) is 0 Å². The van der Waals surface area contributed by atoms with Gasteiger partial charge >= 0.3 is 0 Å². The van der Waals surface area contributed by atoms with E-state index in [0.29, 0.717) is 18.0 Å². The van der Waals surface area contributed by atoms with Gasteiger partial charge in [-0.25, -0.2) is 22.8 Å². The lowest BCUT2D eigenvalue weighted by atomic mass is 10.1. The Labute approximate surface area is 289 Å². The zero-order valence-electron chi connectivity index (χ0n) is 29.7. The first kappa shape index (κ1) is 36.6. The number of halogens is 1. The minimum Gasteiger partial charge on any atom is -0.361 e. The van der Waals surface area contributed by atoms with E-state index in [1.165, 1.54) is 18.2 Å². The summed E-state index contributed by atoms with van der Waals surface area (Å²) in [6.45, 7) is 16.4. The molecule has 0 radical (unpaired) electrons. The zero-order chi connectivity index (χ0) is 35.7. The van der Waals surface area contributed by atoms with Crippen molar-refractivity contribution in [2.75, 3.05) is 50.2 Å². The standard InChI is InChI=1S/C35H48FN7O4SSi/c1-23-19-37-35(39-28-12-10-14-30(31(28)36)48(5,45)46)40-32(23)27-21-42(22-47-17-18-49(6,7)8)33-26(27)11-9-13-29(33)38-34(44)25(3)43-16-15-41(4)20-24(43)2/h9-14,19,21,24-25H,15-18,20,22H2,1-8H3,(H,38,44)(H,37,39,40)/t24-,25?/m0/s1. The molecule has 49 heavy (non-hydrogen) atoms. The van der Waals surface area contributed by atoms with Gasteiger partial charge in [0.25, 0.3) is 0 Å². The molecule has 0 saturated carbocycles. The lowest BCUT2D eigenvalue weighted by Gasteiger charge is -2.41. The normalized spacial score (nSPS) is 17.0. The summed E-state index contributed by atoms with van der Waals surface area (Å²) in [6, 6.07) is 10.9. The molecule has 0 aliphatic carbocycles. The SMILES string of the molecule is Cc1cnc(Nc2cccc(S(C)(=O)=O)c2F)nc1-c1cn(COCC[Si](C)(C)C)c2c(NC(=O)C(C)N3CCN(C)C[C@@H]3C)cccc12. The van der Waals surface area contributed by atoms with Crippen LogP contribution in [0.1, 0.15) is 19.4 Å². The van der Waals surface area contributed by atoms with Crippen molar-refractivity contribution in [2.45, 2.75) is 70.2 Å². The van der Waals surface area contributed by atoms with Crippen LogP contribution in [-0.2, 0) is 26.1 Å². The number of hydrogen-bond acceptors (Lipinski definition) is 9. The molecule has 1 saturated heterocycles. The average molecular weight is 710 g/mol. The molecule has 2 N–H and O–H groups in total. The van der Waals surface area contributed by atoms with Gasteiger partial charge in [0.2, 0.25) is 11.9 Å². The summed E-state index contributed by atoms with van der Waals surface area (Å²) in [7, 11) is -2.99. The summed E-state index contributed by atoms with van der Waals surface area (Å²) in [6.07, 6.45) is 4.57. The monoisotopic (exact) mass is 709 g/mol. The van der Waals surface area contributed by atoms with E-state index in [-0.39, 0.29) is 36.4 Å². The molecule has 1 unspecified atom stereocenters. The molecule has 14 heteroatoms. The smallest absolute Gasteiger partial charge is 0.241 e. The second-order valence-corrected chi connectivity index (χ2v) is 21.9. The van der Waals surface area contributed by atoms with Gasteiger partial charge in [0.05, 0.1) is 28.6 Å². The molecule has 264 valence electrons. The molecule has 0 bridgehead atoms. The Morgan fingerprint density at radius 3 is 2.55 bits per heavy atom. The fourth-order valence-corrected chi connectivity index (χ4v) is 7.72. The van der Waals surface area contributed by atoms with E-state index in [1.807, 2.05) is 42.8 Å². The van der Waals surface area contributed by atoms with Gasteiger partial charge in [-0.3, -0.25) is 9.69 Å². The number of rotatable bonds is 12. The van der Waals surface area contributed by atoms with Crippen LogP contribution < -0.4 is 10.6 Å². The molecular weight excluding hydrogens is 662 g/mol. The lowest BCUT2D eigenvalue weighted by Crippen LogP contribution is -2.56. The number of carbonyl (C=O) groups is 1. The highest BCUT2D eigenvalue weighted by Crippen LogP contribution is 2.36. The van der Waals surface area contributed by atoms with Crippen LogP contribution in [0.2, 0.25) is 25.7 Å². The highest BCUT2D eigenvalue weighted by atomic mass is 32.2. The number of anilines is 3. The molecule has 11 nitrogen and oxygen atoms in total. The molecule has 4 aromatic rings. The van der Waals surface area contributed by atoms with Crippen LogP contribution in [0, 0.1) is 12.7 Å². The number of likely N-dealkylation sites (N-methyl/N-ethyl adjacent to an activating group) is 1. The summed E-state index contributed by atoms with van der Waals surface area (Å²) in [4.78, 5) is 27.0. The number of para-hydroxylation sites is 1. The predicted octanol–water partition coefficient (Wildman–Crippen LogP) is 5.97. The molecule has 1 aliphatic heterocycles. The number of benzene rings is 2. The summed E-state index contributed by atoms with van der Waals surface area (Å²) in [5.41, 5.74) is 3.59. The quantitative estimate of drug-likeness (QED) is 0.135. The van der Waals surface area contributed by atoms with Crippen molar-refractivity contribution in [3.63, 3.8) is 0 Å². The van der Waals surface area contributed by atoms with Crippen LogP contribution in [0.25, 0.3) is 22.2 Å². The molecule has 2 aromatic heterocycles. The van der Waals surface area contributed by atoms with E-state index in [0.717, 1.165) is 54.0 Å². The number of fused-ring (bicyclic) bond motifs is 1. The van der Waals surface area contributed by atoms with E-state index in [9.17, 15) is 13.2 Å². The Kier molecular flexibility index (Phi) is 10.9. The number of hydrogen-bond donors (Lipinski definition) is 2. The maximum Gasteiger partial charge on any atom is 0.241 e. The van der Waals surface area contributed by atoms with Crippen molar-refractivity contribution in [1.29, 1.82) is 0 Å². The van der Waals surface area contributed by atoms with Gasteiger partial charge in [0.1, 0.15) is 11.6 Å². The fraction of sp³-hybridized carbons (Fsp3) is 0.457. The second kappa shape index (κ2) is 14.7. The maximum atomic E-state index is 15.2. The minimum absolute atomic E-state index is 0.0512. The first-order chi connectivity index (χ1) is 23.0. The van der Waals surface area contributed by atoms with Crippen molar-refractivity contribution in [1.82, 2.24) is 24.3 Å². The number of piperazine rings is 1. The number of amides is 1. The number of nitrogens with zero attached hydrogens (tertiary/aromatic N) is 5. The Bertz CT molecular complexity index is 1950. The third-order valence-corrected chi connectivity index (χ3v) is 11.8. The van der Waals surface area contributed by atoms with Crippen molar-refractivity contribution < 1.29 is 22.3 Å². The average Bonchev–Trinajstić information content (AvgIpc) is 3.39. The number of nitrogens with one attached hydrogen (secondary N) is 2. The Morgan fingerprint density at radius 1 is 1.14 bits per heavy atom. The van der Waals surface area contributed by atoms with Crippen molar-refractivity contribution in [3.8, 4) is 11.3 Å². The number of carbonyl (C=O) groups excluding carboxylic acids is 1. The van der Waals surface area contributed by atoms with Crippen LogP contribution in [-0.4, -0.2) is 98.4 Å². The summed E-state index contributed by atoms with van der Waals surface area (Å²) in [5.74, 6) is -0.874. The first-order valence-corrected chi connectivity index (χ1v) is 22.2. The Hall–Kier alpha value is -3.69. The Balaban J connectivity index is 1.52. The molecule has 2 atom stereocenters. The van der Waals surface area contributed by atoms with Crippen LogP contribution >= 0.6 is 0 Å². The van der Waals surface area contributed by atoms with Crippen LogP contribution in [0.4, 0.5) is 21.7 Å². The number of sulfone groups is 1. The minimum atomic E-state index is -3.78. The fourth-order valence-electron chi connectivity index (χ4n) is 6.20. The van der Waals surface area contributed by atoms with E-state index in [1.54, 1.807) is 6.20 Å². The third-order valence-electron chi connectivity index (χ3n) is 8.98. The maximum absolute atomic E-state index is 15.2. The molecule has 1 fully saturated rings. The van der Waals surface area contributed by atoms with Gasteiger partial charge < -0.3 is 24.8 Å². The van der Waals surface area contributed by atoms with E-state index in [2.05, 4.69) is 59.0 Å². The number of aromatic nitrogens is 3. The highest BCUT2D eigenvalue weighted by molar-refractivity contribution is 7.90. The highest BCUT2D eigenvalue weighted by Gasteiger charge is 2.30. The van der Waals surface area contributed by atoms with Crippen molar-refractivity contribution in [3.05, 3.63) is 60.2 Å². The zero-order valence-corrected chi connectivity index (χ0v) is 31.5.